The minimum atomic E-state index is -0.219. The zero-order chi connectivity index (χ0) is 21.3. The van der Waals surface area contributed by atoms with E-state index >= 15 is 0 Å². The Balaban J connectivity index is 1.59. The van der Waals surface area contributed by atoms with Gasteiger partial charge in [0.2, 0.25) is 5.91 Å². The van der Waals surface area contributed by atoms with E-state index in [1.807, 2.05) is 54.4 Å². The molecule has 0 unspecified atom stereocenters. The molecule has 0 aliphatic heterocycles. The number of nitrogens with zero attached hydrogens (tertiary/aromatic N) is 1. The normalized spacial score (nSPS) is 10.6. The molecule has 5 nitrogen and oxygen atoms in total. The number of rotatable bonds is 8. The molecule has 0 radical (unpaired) electrons. The molecule has 0 spiro atoms. The average Bonchev–Trinajstić information content (AvgIpc) is 2.74. The number of aryl methyl sites for hydroxylation is 1. The summed E-state index contributed by atoms with van der Waals surface area (Å²) in [4.78, 5) is 27.2. The van der Waals surface area contributed by atoms with E-state index in [4.69, 9.17) is 0 Å². The molecule has 0 saturated heterocycles. The van der Waals surface area contributed by atoms with Gasteiger partial charge in [-0.2, -0.15) is 0 Å². The van der Waals surface area contributed by atoms with Crippen LogP contribution in [0.2, 0.25) is 0 Å². The van der Waals surface area contributed by atoms with Crippen molar-refractivity contribution in [2.45, 2.75) is 20.0 Å². The summed E-state index contributed by atoms with van der Waals surface area (Å²) in [5, 5.41) is 5.79. The van der Waals surface area contributed by atoms with Gasteiger partial charge in [-0.15, -0.1) is 0 Å². The molecule has 0 aliphatic carbocycles. The Morgan fingerprint density at radius 3 is 2.30 bits per heavy atom. The van der Waals surface area contributed by atoms with Crippen molar-refractivity contribution in [2.24, 2.45) is 0 Å². The molecule has 2 amide bonds. The maximum atomic E-state index is 12.6. The summed E-state index contributed by atoms with van der Waals surface area (Å²) >= 11 is 0. The van der Waals surface area contributed by atoms with Crippen molar-refractivity contribution in [1.82, 2.24) is 10.2 Å². The maximum Gasteiger partial charge on any atom is 0.253 e. The summed E-state index contributed by atoms with van der Waals surface area (Å²) in [5.41, 5.74) is 4.37. The number of carbonyl (C=O) groups is 2. The highest BCUT2D eigenvalue weighted by atomic mass is 16.2. The summed E-state index contributed by atoms with van der Waals surface area (Å²) in [5.74, 6) is -0.377. The lowest BCUT2D eigenvalue weighted by atomic mass is 10.1. The van der Waals surface area contributed by atoms with E-state index in [0.29, 0.717) is 24.3 Å². The minimum absolute atomic E-state index is 0.158. The molecule has 0 saturated carbocycles. The van der Waals surface area contributed by atoms with Crippen molar-refractivity contribution in [3.8, 4) is 0 Å². The lowest BCUT2D eigenvalue weighted by molar-refractivity contribution is -0.117. The molecular formula is C25H27N3O2. The molecule has 0 heterocycles. The molecular weight excluding hydrogens is 374 g/mol. The van der Waals surface area contributed by atoms with Crippen molar-refractivity contribution in [3.63, 3.8) is 0 Å². The first kappa shape index (κ1) is 21.3. The molecule has 3 rings (SSSR count). The molecule has 5 heteroatoms. The number of likely N-dealkylation sites (N-methyl/N-ethyl adjacent to an activating group) is 1. The molecule has 2 N–H and O–H groups in total. The summed E-state index contributed by atoms with van der Waals surface area (Å²) in [6.07, 6.45) is 0. The predicted octanol–water partition coefficient (Wildman–Crippen LogP) is 4.00. The molecule has 0 atom stereocenters. The van der Waals surface area contributed by atoms with Gasteiger partial charge < -0.3 is 10.6 Å². The zero-order valence-electron chi connectivity index (χ0n) is 17.4. The zero-order valence-corrected chi connectivity index (χ0v) is 17.4. The number of benzene rings is 3. The van der Waals surface area contributed by atoms with Crippen molar-refractivity contribution in [2.75, 3.05) is 18.9 Å². The molecule has 0 aliphatic rings. The number of carbonyl (C=O) groups excluding carboxylic acids is 2. The van der Waals surface area contributed by atoms with Gasteiger partial charge in [0.05, 0.1) is 17.8 Å². The first-order chi connectivity index (χ1) is 14.5. The Kier molecular flexibility index (Phi) is 7.35. The number of nitrogens with one attached hydrogen (secondary N) is 2. The summed E-state index contributed by atoms with van der Waals surface area (Å²) in [7, 11) is 1.91. The van der Waals surface area contributed by atoms with E-state index in [2.05, 4.69) is 29.7 Å². The van der Waals surface area contributed by atoms with Crippen LogP contribution in [-0.2, 0) is 17.9 Å². The molecule has 30 heavy (non-hydrogen) atoms. The van der Waals surface area contributed by atoms with Gasteiger partial charge in [0.1, 0.15) is 0 Å². The highest BCUT2D eigenvalue weighted by Gasteiger charge is 2.14. The van der Waals surface area contributed by atoms with Crippen molar-refractivity contribution < 1.29 is 9.59 Å². The third kappa shape index (κ3) is 6.03. The van der Waals surface area contributed by atoms with E-state index in [1.165, 1.54) is 11.1 Å². The van der Waals surface area contributed by atoms with Crippen LogP contribution < -0.4 is 10.6 Å². The Hall–Kier alpha value is -3.44. The van der Waals surface area contributed by atoms with Gasteiger partial charge in [-0.3, -0.25) is 14.5 Å². The van der Waals surface area contributed by atoms with Crippen LogP contribution in [0.3, 0.4) is 0 Å². The first-order valence-electron chi connectivity index (χ1n) is 9.97. The highest BCUT2D eigenvalue weighted by molar-refractivity contribution is 6.04. The third-order valence-electron chi connectivity index (χ3n) is 4.86. The van der Waals surface area contributed by atoms with Gasteiger partial charge in [0.25, 0.3) is 5.91 Å². The lowest BCUT2D eigenvalue weighted by Gasteiger charge is -2.18. The van der Waals surface area contributed by atoms with Crippen LogP contribution in [0.15, 0.2) is 78.9 Å². The molecule has 0 fully saturated rings. The topological polar surface area (TPSA) is 61.4 Å². The SMILES string of the molecule is Cc1ccccc1CN(C)CC(=O)Nc1ccccc1C(=O)NCc1ccccc1. The van der Waals surface area contributed by atoms with Crippen LogP contribution in [0.25, 0.3) is 0 Å². The van der Waals surface area contributed by atoms with Gasteiger partial charge in [-0.05, 0) is 42.8 Å². The Morgan fingerprint density at radius 1 is 0.867 bits per heavy atom. The summed E-state index contributed by atoms with van der Waals surface area (Å²) < 4.78 is 0. The molecule has 0 aromatic heterocycles. The van der Waals surface area contributed by atoms with Crippen LogP contribution in [0.5, 0.6) is 0 Å². The predicted molar refractivity (Wildman–Crippen MR) is 120 cm³/mol. The largest absolute Gasteiger partial charge is 0.348 e. The van der Waals surface area contributed by atoms with Gasteiger partial charge in [-0.25, -0.2) is 0 Å². The Labute approximate surface area is 177 Å². The van der Waals surface area contributed by atoms with Gasteiger partial charge in [0, 0.05) is 13.1 Å². The van der Waals surface area contributed by atoms with Crippen LogP contribution >= 0.6 is 0 Å². The standard InChI is InChI=1S/C25H27N3O2/c1-19-10-6-7-13-21(19)17-28(2)18-24(29)27-23-15-9-8-14-22(23)25(30)26-16-20-11-4-3-5-12-20/h3-15H,16-18H2,1-2H3,(H,26,30)(H,27,29). The molecule has 3 aromatic carbocycles. The quantitative estimate of drug-likeness (QED) is 0.600. The van der Waals surface area contributed by atoms with Gasteiger partial charge in [0.15, 0.2) is 0 Å². The number of para-hydroxylation sites is 1. The highest BCUT2D eigenvalue weighted by Crippen LogP contribution is 2.16. The average molecular weight is 402 g/mol. The number of hydrogen-bond donors (Lipinski definition) is 2. The van der Waals surface area contributed by atoms with Crippen LogP contribution in [0, 0.1) is 6.92 Å². The lowest BCUT2D eigenvalue weighted by Crippen LogP contribution is -2.31. The first-order valence-corrected chi connectivity index (χ1v) is 9.97. The fourth-order valence-electron chi connectivity index (χ4n) is 3.23. The minimum Gasteiger partial charge on any atom is -0.348 e. The monoisotopic (exact) mass is 401 g/mol. The second-order valence-corrected chi connectivity index (χ2v) is 7.36. The molecule has 0 bridgehead atoms. The molecule has 154 valence electrons. The van der Waals surface area contributed by atoms with Crippen molar-refractivity contribution in [3.05, 3.63) is 101 Å². The van der Waals surface area contributed by atoms with Crippen molar-refractivity contribution in [1.29, 1.82) is 0 Å². The Morgan fingerprint density at radius 2 is 1.53 bits per heavy atom. The summed E-state index contributed by atoms with van der Waals surface area (Å²) in [6, 6.07) is 24.9. The second kappa shape index (κ2) is 10.4. The number of amides is 2. The molecule has 3 aromatic rings. The smallest absolute Gasteiger partial charge is 0.253 e. The van der Waals surface area contributed by atoms with Gasteiger partial charge in [-0.1, -0.05) is 66.7 Å². The van der Waals surface area contributed by atoms with E-state index in [-0.39, 0.29) is 18.4 Å². The fourth-order valence-corrected chi connectivity index (χ4v) is 3.23. The fraction of sp³-hybridized carbons (Fsp3) is 0.200. The second-order valence-electron chi connectivity index (χ2n) is 7.36. The van der Waals surface area contributed by atoms with Crippen LogP contribution in [-0.4, -0.2) is 30.3 Å². The van der Waals surface area contributed by atoms with Crippen LogP contribution in [0.1, 0.15) is 27.0 Å². The van der Waals surface area contributed by atoms with E-state index in [9.17, 15) is 9.59 Å². The van der Waals surface area contributed by atoms with Gasteiger partial charge >= 0.3 is 0 Å². The number of hydrogen-bond acceptors (Lipinski definition) is 3. The van der Waals surface area contributed by atoms with E-state index < -0.39 is 0 Å². The van der Waals surface area contributed by atoms with Crippen molar-refractivity contribution >= 4 is 17.5 Å². The van der Waals surface area contributed by atoms with E-state index in [0.717, 1.165) is 5.56 Å². The van der Waals surface area contributed by atoms with E-state index in [1.54, 1.807) is 24.3 Å². The Bertz CT molecular complexity index is 1000. The number of anilines is 1. The maximum absolute atomic E-state index is 12.6. The van der Waals surface area contributed by atoms with Crippen LogP contribution in [0.4, 0.5) is 5.69 Å². The summed E-state index contributed by atoms with van der Waals surface area (Å²) in [6.45, 7) is 3.41. The third-order valence-corrected chi connectivity index (χ3v) is 4.86.